The van der Waals surface area contributed by atoms with Crippen LogP contribution in [-0.4, -0.2) is 21.7 Å². The van der Waals surface area contributed by atoms with Gasteiger partial charge >= 0.3 is 0 Å². The minimum absolute atomic E-state index is 0.0668. The Kier molecular flexibility index (Phi) is 2.33. The van der Waals surface area contributed by atoms with Crippen molar-refractivity contribution in [1.82, 2.24) is 0 Å². The highest BCUT2D eigenvalue weighted by atomic mass is 32.2. The quantitative estimate of drug-likeness (QED) is 0.694. The van der Waals surface area contributed by atoms with Crippen LogP contribution in [0.25, 0.3) is 0 Å². The summed E-state index contributed by atoms with van der Waals surface area (Å²) in [5.74, 6) is -0.238. The molecule has 0 spiro atoms. The minimum Gasteiger partial charge on any atom is -0.299 e. The van der Waals surface area contributed by atoms with Crippen LogP contribution < -0.4 is 4.90 Å². The molecule has 1 aromatic rings. The van der Waals surface area contributed by atoms with Crippen LogP contribution in [0.1, 0.15) is 0 Å². The third kappa shape index (κ3) is 1.68. The molecule has 0 bridgehead atoms. The number of hydrogen-bond donors (Lipinski definition) is 0. The van der Waals surface area contributed by atoms with E-state index in [0.717, 1.165) is 0 Å². The molecule has 0 N–H and O–H groups in total. The van der Waals surface area contributed by atoms with E-state index in [1.807, 2.05) is 0 Å². The maximum Gasteiger partial charge on any atom is 0.240 e. The molecular formula is C9H8FNO2S. The fourth-order valence-electron chi connectivity index (χ4n) is 1.32. The lowest BCUT2D eigenvalue weighted by Gasteiger charge is -2.13. The molecule has 1 saturated heterocycles. The molecule has 1 aliphatic heterocycles. The van der Waals surface area contributed by atoms with Crippen LogP contribution in [0, 0.1) is 5.82 Å². The zero-order valence-corrected chi connectivity index (χ0v) is 8.09. The smallest absolute Gasteiger partial charge is 0.240 e. The monoisotopic (exact) mass is 213 g/mol. The highest BCUT2D eigenvalue weighted by molar-refractivity contribution is 7.86. The Morgan fingerprint density at radius 1 is 1.29 bits per heavy atom. The molecule has 14 heavy (non-hydrogen) atoms. The van der Waals surface area contributed by atoms with Crippen LogP contribution in [0.5, 0.6) is 0 Å². The molecule has 3 nitrogen and oxygen atoms in total. The van der Waals surface area contributed by atoms with Crippen LogP contribution in [0.4, 0.5) is 10.1 Å². The number of carbonyl (C=O) groups is 1. The number of hydrogen-bond acceptors (Lipinski definition) is 2. The SMILES string of the molecule is O=C1C[S@](=O)CN1c1ccc(F)cc1. The van der Waals surface area contributed by atoms with Gasteiger partial charge in [-0.05, 0) is 24.3 Å². The summed E-state index contributed by atoms with van der Waals surface area (Å²) in [5.41, 5.74) is 0.599. The van der Waals surface area contributed by atoms with Crippen molar-refractivity contribution in [3.8, 4) is 0 Å². The van der Waals surface area contributed by atoms with Crippen LogP contribution in [0.15, 0.2) is 24.3 Å². The molecule has 1 amide bonds. The van der Waals surface area contributed by atoms with Crippen molar-refractivity contribution in [2.75, 3.05) is 16.5 Å². The molecule has 0 unspecified atom stereocenters. The molecule has 1 aromatic carbocycles. The first-order chi connectivity index (χ1) is 6.66. The van der Waals surface area contributed by atoms with E-state index in [-0.39, 0.29) is 23.4 Å². The minimum atomic E-state index is -1.11. The van der Waals surface area contributed by atoms with Gasteiger partial charge in [0.05, 0.1) is 10.8 Å². The van der Waals surface area contributed by atoms with Crippen LogP contribution >= 0.6 is 0 Å². The van der Waals surface area contributed by atoms with Gasteiger partial charge in [0.1, 0.15) is 17.4 Å². The Hall–Kier alpha value is -1.23. The van der Waals surface area contributed by atoms with Gasteiger partial charge in [-0.25, -0.2) is 4.39 Å². The maximum absolute atomic E-state index is 12.6. The van der Waals surface area contributed by atoms with Gasteiger partial charge in [-0.3, -0.25) is 13.9 Å². The molecule has 1 heterocycles. The Morgan fingerprint density at radius 2 is 1.93 bits per heavy atom. The summed E-state index contributed by atoms with van der Waals surface area (Å²) in [6.45, 7) is 0. The van der Waals surface area contributed by atoms with E-state index in [1.165, 1.54) is 29.2 Å². The third-order valence-electron chi connectivity index (χ3n) is 2.00. The number of rotatable bonds is 1. The third-order valence-corrected chi connectivity index (χ3v) is 3.11. The molecule has 0 aliphatic carbocycles. The summed E-state index contributed by atoms with van der Waals surface area (Å²) in [6.07, 6.45) is 0. The summed E-state index contributed by atoms with van der Waals surface area (Å²) in [6, 6.07) is 5.58. The van der Waals surface area contributed by atoms with Gasteiger partial charge in [0.25, 0.3) is 0 Å². The first-order valence-corrected chi connectivity index (χ1v) is 5.56. The van der Waals surface area contributed by atoms with Gasteiger partial charge in [0, 0.05) is 5.69 Å². The fraction of sp³-hybridized carbons (Fsp3) is 0.222. The van der Waals surface area contributed by atoms with Gasteiger partial charge < -0.3 is 0 Å². The predicted molar refractivity (Wildman–Crippen MR) is 51.8 cm³/mol. The predicted octanol–water partition coefficient (Wildman–Crippen LogP) is 0.879. The molecule has 0 radical (unpaired) electrons. The summed E-state index contributed by atoms with van der Waals surface area (Å²) in [7, 11) is -1.11. The van der Waals surface area contributed by atoms with Gasteiger partial charge in [-0.2, -0.15) is 0 Å². The van der Waals surface area contributed by atoms with E-state index < -0.39 is 10.8 Å². The highest BCUT2D eigenvalue weighted by Gasteiger charge is 2.27. The standard InChI is InChI=1S/C9H8FNO2S/c10-7-1-3-8(4-2-7)11-6-14(13)5-9(11)12/h1-4H,5-6H2/t14-/m0/s1. The number of halogens is 1. The highest BCUT2D eigenvalue weighted by Crippen LogP contribution is 2.19. The second-order valence-corrected chi connectivity index (χ2v) is 4.44. The summed E-state index contributed by atoms with van der Waals surface area (Å²) < 4.78 is 23.7. The lowest BCUT2D eigenvalue weighted by atomic mass is 10.3. The lowest BCUT2D eigenvalue weighted by Crippen LogP contribution is -2.24. The fourth-order valence-corrected chi connectivity index (χ4v) is 2.42. The van der Waals surface area contributed by atoms with E-state index in [0.29, 0.717) is 5.69 Å². The van der Waals surface area contributed by atoms with Crippen molar-refractivity contribution >= 4 is 22.4 Å². The molecule has 5 heteroatoms. The second kappa shape index (κ2) is 3.49. The lowest BCUT2D eigenvalue weighted by molar-refractivity contribution is -0.115. The average Bonchev–Trinajstić information content (AvgIpc) is 2.47. The van der Waals surface area contributed by atoms with Gasteiger partial charge in [0.15, 0.2) is 0 Å². The average molecular weight is 213 g/mol. The zero-order chi connectivity index (χ0) is 10.1. The maximum atomic E-state index is 12.6. The van der Waals surface area contributed by atoms with Crippen molar-refractivity contribution in [3.63, 3.8) is 0 Å². The molecule has 2 rings (SSSR count). The van der Waals surface area contributed by atoms with Gasteiger partial charge in [0.2, 0.25) is 5.91 Å². The van der Waals surface area contributed by atoms with E-state index in [2.05, 4.69) is 0 Å². The van der Waals surface area contributed by atoms with Gasteiger partial charge in [-0.15, -0.1) is 0 Å². The van der Waals surface area contributed by atoms with E-state index in [9.17, 15) is 13.4 Å². The molecule has 0 aromatic heterocycles. The zero-order valence-electron chi connectivity index (χ0n) is 7.27. The van der Waals surface area contributed by atoms with Crippen molar-refractivity contribution in [3.05, 3.63) is 30.1 Å². The first kappa shape index (κ1) is 9.33. The summed E-state index contributed by atoms with van der Waals surface area (Å²) >= 11 is 0. The Labute approximate surface area is 83.0 Å². The number of anilines is 1. The van der Waals surface area contributed by atoms with E-state index >= 15 is 0 Å². The molecule has 0 saturated carbocycles. The summed E-state index contributed by atoms with van der Waals surface area (Å²) in [4.78, 5) is 12.7. The molecule has 1 fully saturated rings. The first-order valence-electron chi connectivity index (χ1n) is 4.08. The number of nitrogens with zero attached hydrogens (tertiary/aromatic N) is 1. The molecule has 1 aliphatic rings. The molecule has 74 valence electrons. The van der Waals surface area contributed by atoms with Crippen molar-refractivity contribution in [2.45, 2.75) is 0 Å². The van der Waals surface area contributed by atoms with Crippen molar-refractivity contribution in [2.24, 2.45) is 0 Å². The largest absolute Gasteiger partial charge is 0.299 e. The normalized spacial score (nSPS) is 21.6. The van der Waals surface area contributed by atoms with Crippen LogP contribution in [0.2, 0.25) is 0 Å². The topological polar surface area (TPSA) is 37.4 Å². The Bertz CT molecular complexity index is 390. The van der Waals surface area contributed by atoms with Gasteiger partial charge in [-0.1, -0.05) is 0 Å². The van der Waals surface area contributed by atoms with Crippen molar-refractivity contribution in [1.29, 1.82) is 0 Å². The Morgan fingerprint density at radius 3 is 2.43 bits per heavy atom. The Balaban J connectivity index is 2.27. The van der Waals surface area contributed by atoms with Crippen LogP contribution in [0.3, 0.4) is 0 Å². The molecular weight excluding hydrogens is 205 g/mol. The number of amides is 1. The van der Waals surface area contributed by atoms with Crippen LogP contribution in [-0.2, 0) is 15.6 Å². The summed E-state index contributed by atoms with van der Waals surface area (Å²) in [5, 5.41) is 0. The second-order valence-electron chi connectivity index (χ2n) is 3.01. The van der Waals surface area contributed by atoms with Crippen molar-refractivity contribution < 1.29 is 13.4 Å². The number of carbonyl (C=O) groups excluding carboxylic acids is 1. The van der Waals surface area contributed by atoms with E-state index in [1.54, 1.807) is 0 Å². The van der Waals surface area contributed by atoms with E-state index in [4.69, 9.17) is 0 Å². The number of benzene rings is 1. The molecule has 1 atom stereocenters.